The molecule has 8 heteroatoms. The summed E-state index contributed by atoms with van der Waals surface area (Å²) in [6.45, 7) is 0.470. The van der Waals surface area contributed by atoms with Crippen molar-refractivity contribution in [1.82, 2.24) is 25.0 Å². The highest BCUT2D eigenvalue weighted by molar-refractivity contribution is 5.44. The first kappa shape index (κ1) is 14.5. The van der Waals surface area contributed by atoms with E-state index in [0.717, 1.165) is 31.4 Å². The Kier molecular flexibility index (Phi) is 3.68. The van der Waals surface area contributed by atoms with Crippen LogP contribution in [0, 0.1) is 5.82 Å². The third kappa shape index (κ3) is 2.56. The van der Waals surface area contributed by atoms with E-state index in [2.05, 4.69) is 25.2 Å². The smallest absolute Gasteiger partial charge is 0.183 e. The van der Waals surface area contributed by atoms with Crippen LogP contribution in [0.3, 0.4) is 0 Å². The van der Waals surface area contributed by atoms with Gasteiger partial charge in [-0.3, -0.25) is 0 Å². The van der Waals surface area contributed by atoms with Crippen LogP contribution in [-0.4, -0.2) is 44.2 Å². The van der Waals surface area contributed by atoms with Crippen LogP contribution in [0.5, 0.6) is 0 Å². The van der Waals surface area contributed by atoms with E-state index >= 15 is 0 Å². The molecule has 0 radical (unpaired) electrons. The Balaban J connectivity index is 1.54. The maximum atomic E-state index is 14.0. The Labute approximate surface area is 133 Å². The molecule has 2 unspecified atom stereocenters. The van der Waals surface area contributed by atoms with Crippen LogP contribution in [0.1, 0.15) is 37.4 Å². The average Bonchev–Trinajstić information content (AvgIpc) is 3.11. The molecule has 2 saturated heterocycles. The second-order valence-electron chi connectivity index (χ2n) is 6.23. The van der Waals surface area contributed by atoms with Crippen molar-refractivity contribution in [3.05, 3.63) is 30.2 Å². The number of rotatable bonds is 4. The quantitative estimate of drug-likeness (QED) is 0.855. The summed E-state index contributed by atoms with van der Waals surface area (Å²) in [6, 6.07) is 0.878. The molecule has 0 spiro atoms. The van der Waals surface area contributed by atoms with Crippen molar-refractivity contribution in [2.24, 2.45) is 0 Å². The minimum absolute atomic E-state index is 0.290. The highest BCUT2D eigenvalue weighted by Crippen LogP contribution is 2.43. The summed E-state index contributed by atoms with van der Waals surface area (Å²) in [5.41, 5.74) is 0.837. The van der Waals surface area contributed by atoms with Crippen LogP contribution in [0.2, 0.25) is 0 Å². The fourth-order valence-corrected chi connectivity index (χ4v) is 3.91. The predicted molar refractivity (Wildman–Crippen MR) is 80.3 cm³/mol. The summed E-state index contributed by atoms with van der Waals surface area (Å²) in [5.74, 6) is 0.0931. The highest BCUT2D eigenvalue weighted by atomic mass is 19.1. The topological polar surface area (TPSA) is 69.0 Å². The van der Waals surface area contributed by atoms with Crippen molar-refractivity contribution >= 4 is 5.82 Å². The first-order chi connectivity index (χ1) is 11.3. The lowest BCUT2D eigenvalue weighted by Gasteiger charge is -2.39. The number of aromatic nitrogens is 5. The Morgan fingerprint density at radius 1 is 1.26 bits per heavy atom. The number of hydrogen-bond donors (Lipinski definition) is 0. The van der Waals surface area contributed by atoms with E-state index in [9.17, 15) is 4.39 Å². The summed E-state index contributed by atoms with van der Waals surface area (Å²) in [7, 11) is 1.65. The number of nitrogens with zero attached hydrogens (tertiary/aromatic N) is 6. The van der Waals surface area contributed by atoms with Gasteiger partial charge in [0.05, 0.1) is 25.0 Å². The Bertz CT molecular complexity index is 678. The molecule has 0 amide bonds. The lowest BCUT2D eigenvalue weighted by atomic mass is 9.97. The van der Waals surface area contributed by atoms with Crippen LogP contribution in [0.15, 0.2) is 18.7 Å². The molecule has 0 aliphatic carbocycles. The summed E-state index contributed by atoms with van der Waals surface area (Å²) in [4.78, 5) is 10.0. The number of halogens is 1. The molecular formula is C15H19FN6O. The molecule has 0 saturated carbocycles. The fraction of sp³-hybridized carbons (Fsp3) is 0.600. The van der Waals surface area contributed by atoms with Gasteiger partial charge in [-0.2, -0.15) is 0 Å². The Morgan fingerprint density at radius 3 is 2.74 bits per heavy atom. The van der Waals surface area contributed by atoms with Gasteiger partial charge >= 0.3 is 0 Å². The first-order valence-corrected chi connectivity index (χ1v) is 7.89. The van der Waals surface area contributed by atoms with Crippen molar-refractivity contribution < 1.29 is 9.13 Å². The molecule has 23 heavy (non-hydrogen) atoms. The lowest BCUT2D eigenvalue weighted by Crippen LogP contribution is -2.44. The van der Waals surface area contributed by atoms with Crippen LogP contribution in [-0.2, 0) is 11.3 Å². The van der Waals surface area contributed by atoms with Gasteiger partial charge in [-0.05, 0) is 25.7 Å². The van der Waals surface area contributed by atoms with E-state index in [4.69, 9.17) is 4.74 Å². The van der Waals surface area contributed by atoms with Crippen molar-refractivity contribution in [1.29, 1.82) is 0 Å². The third-order valence-electron chi connectivity index (χ3n) is 4.83. The van der Waals surface area contributed by atoms with Gasteiger partial charge in [-0.25, -0.2) is 19.0 Å². The minimum Gasteiger partial charge on any atom is -0.378 e. The monoisotopic (exact) mass is 318 g/mol. The summed E-state index contributed by atoms with van der Waals surface area (Å²) < 4.78 is 21.1. The summed E-state index contributed by atoms with van der Waals surface area (Å²) >= 11 is 0. The standard InChI is InChI=1S/C15H19FN6O/c1-23-8-10-7-21(20-19-10)13-4-11-2-3-12(5-13)22(11)15-14(16)6-17-9-18-15/h6-7,9,11-13H,2-5,8H2,1H3. The van der Waals surface area contributed by atoms with Gasteiger partial charge in [-0.1, -0.05) is 5.21 Å². The van der Waals surface area contributed by atoms with Crippen LogP contribution >= 0.6 is 0 Å². The zero-order chi connectivity index (χ0) is 15.8. The second kappa shape index (κ2) is 5.84. The van der Waals surface area contributed by atoms with Crippen molar-refractivity contribution in [2.45, 2.75) is 50.4 Å². The molecule has 7 nitrogen and oxygen atoms in total. The van der Waals surface area contributed by atoms with Crippen LogP contribution < -0.4 is 4.90 Å². The zero-order valence-electron chi connectivity index (χ0n) is 13.0. The van der Waals surface area contributed by atoms with E-state index < -0.39 is 0 Å². The molecule has 0 N–H and O–H groups in total. The number of ether oxygens (including phenoxy) is 1. The molecule has 2 aliphatic rings. The number of hydrogen-bond acceptors (Lipinski definition) is 6. The SMILES string of the molecule is COCc1cn(C2CC3CCC(C2)N3c2ncncc2F)nn1. The van der Waals surface area contributed by atoms with Gasteiger partial charge in [0.2, 0.25) is 0 Å². The van der Waals surface area contributed by atoms with Crippen molar-refractivity contribution in [3.8, 4) is 0 Å². The zero-order valence-corrected chi connectivity index (χ0v) is 13.0. The molecule has 122 valence electrons. The average molecular weight is 318 g/mol. The molecule has 2 bridgehead atoms. The van der Waals surface area contributed by atoms with Crippen LogP contribution in [0.4, 0.5) is 10.2 Å². The number of piperidine rings is 1. The Hall–Kier alpha value is -2.09. The van der Waals surface area contributed by atoms with Gasteiger partial charge in [0.15, 0.2) is 11.6 Å². The maximum absolute atomic E-state index is 14.0. The first-order valence-electron chi connectivity index (χ1n) is 7.89. The molecule has 2 aromatic rings. The van der Waals surface area contributed by atoms with Crippen LogP contribution in [0.25, 0.3) is 0 Å². The lowest BCUT2D eigenvalue weighted by molar-refractivity contribution is 0.181. The minimum atomic E-state index is -0.342. The molecular weight excluding hydrogens is 299 g/mol. The maximum Gasteiger partial charge on any atom is 0.183 e. The molecule has 2 atom stereocenters. The number of anilines is 1. The largest absolute Gasteiger partial charge is 0.378 e. The van der Waals surface area contributed by atoms with Crippen molar-refractivity contribution in [3.63, 3.8) is 0 Å². The van der Waals surface area contributed by atoms with E-state index in [-0.39, 0.29) is 5.82 Å². The van der Waals surface area contributed by atoms with E-state index in [0.29, 0.717) is 30.6 Å². The third-order valence-corrected chi connectivity index (χ3v) is 4.83. The number of methoxy groups -OCH3 is 1. The molecule has 4 rings (SSSR count). The highest BCUT2D eigenvalue weighted by Gasteiger charge is 2.43. The molecule has 0 aromatic carbocycles. The van der Waals surface area contributed by atoms with Gasteiger partial charge in [0, 0.05) is 19.2 Å². The molecule has 4 heterocycles. The normalized spacial score (nSPS) is 26.7. The molecule has 2 fully saturated rings. The Morgan fingerprint density at radius 2 is 2.04 bits per heavy atom. The van der Waals surface area contributed by atoms with E-state index in [1.165, 1.54) is 12.5 Å². The van der Waals surface area contributed by atoms with Crippen molar-refractivity contribution in [2.75, 3.05) is 12.0 Å². The van der Waals surface area contributed by atoms with E-state index in [1.54, 1.807) is 7.11 Å². The summed E-state index contributed by atoms with van der Waals surface area (Å²) in [5, 5.41) is 8.38. The second-order valence-corrected chi connectivity index (χ2v) is 6.23. The van der Waals surface area contributed by atoms with Gasteiger partial charge in [0.25, 0.3) is 0 Å². The van der Waals surface area contributed by atoms with E-state index in [1.807, 2.05) is 10.9 Å². The predicted octanol–water partition coefficient (Wildman–Crippen LogP) is 1.73. The molecule has 2 aliphatic heterocycles. The molecule has 2 aromatic heterocycles. The summed E-state index contributed by atoms with van der Waals surface area (Å²) in [6.07, 6.45) is 8.58. The van der Waals surface area contributed by atoms with Gasteiger partial charge in [0.1, 0.15) is 12.0 Å². The fourth-order valence-electron chi connectivity index (χ4n) is 3.91. The van der Waals surface area contributed by atoms with Gasteiger partial charge in [-0.15, -0.1) is 5.10 Å². The van der Waals surface area contributed by atoms with Gasteiger partial charge < -0.3 is 9.64 Å². The number of fused-ring (bicyclic) bond motifs is 2.